The molecule has 2 fully saturated rings. The Bertz CT molecular complexity index is 670. The summed E-state index contributed by atoms with van der Waals surface area (Å²) in [6.45, 7) is 8.06. The molecule has 0 atom stereocenters. The Kier molecular flexibility index (Phi) is 5.50. The van der Waals surface area contributed by atoms with E-state index < -0.39 is 0 Å². The number of benzene rings is 1. The van der Waals surface area contributed by atoms with Crippen LogP contribution < -0.4 is 16.0 Å². The molecule has 3 N–H and O–H groups in total. The monoisotopic (exact) mass is 422 g/mol. The number of rotatable bonds is 4. The van der Waals surface area contributed by atoms with Crippen LogP contribution in [-0.2, 0) is 10.2 Å². The molecular formula is C19H27BrN4O2. The van der Waals surface area contributed by atoms with Gasteiger partial charge in [-0.05, 0) is 53.5 Å². The quantitative estimate of drug-likeness (QED) is 0.686. The summed E-state index contributed by atoms with van der Waals surface area (Å²) < 4.78 is 6.25. The van der Waals surface area contributed by atoms with Crippen LogP contribution in [0.15, 0.2) is 16.6 Å². The summed E-state index contributed by atoms with van der Waals surface area (Å²) in [6.07, 6.45) is 2.29. The van der Waals surface area contributed by atoms with Gasteiger partial charge in [0.1, 0.15) is 0 Å². The lowest BCUT2D eigenvalue weighted by molar-refractivity contribution is 0.0383. The normalized spacial score (nSPS) is 22.0. The third-order valence-electron chi connectivity index (χ3n) is 5.94. The van der Waals surface area contributed by atoms with Crippen molar-refractivity contribution >= 4 is 27.5 Å². The van der Waals surface area contributed by atoms with E-state index in [9.17, 15) is 4.79 Å². The molecule has 1 aromatic rings. The largest absolute Gasteiger partial charge is 0.383 e. The van der Waals surface area contributed by atoms with E-state index in [4.69, 9.17) is 4.74 Å². The van der Waals surface area contributed by atoms with Crippen molar-refractivity contribution in [2.75, 3.05) is 64.3 Å². The number of nitrogens with one attached hydrogen (secondary N) is 3. The number of nitrogens with zero attached hydrogens (tertiary/aromatic N) is 1. The highest BCUT2D eigenvalue weighted by atomic mass is 79.9. The fraction of sp³-hybridized carbons (Fsp3) is 0.632. The third kappa shape index (κ3) is 3.50. The number of carbonyl (C=O) groups is 1. The Hall–Kier alpha value is -1.15. The molecule has 3 aliphatic heterocycles. The number of ether oxygens (including phenoxy) is 1. The van der Waals surface area contributed by atoms with Gasteiger partial charge in [-0.2, -0.15) is 0 Å². The maximum absolute atomic E-state index is 12.7. The van der Waals surface area contributed by atoms with Crippen LogP contribution in [0.2, 0.25) is 0 Å². The van der Waals surface area contributed by atoms with Crippen LogP contribution in [0.3, 0.4) is 0 Å². The second kappa shape index (κ2) is 7.84. The summed E-state index contributed by atoms with van der Waals surface area (Å²) in [6, 6.07) is 4.13. The number of hydrogen-bond acceptors (Lipinski definition) is 5. The highest BCUT2D eigenvalue weighted by Gasteiger charge is 2.41. The molecule has 3 heterocycles. The lowest BCUT2D eigenvalue weighted by Gasteiger charge is -2.34. The number of fused-ring (bicyclic) bond motifs is 2. The molecule has 26 heavy (non-hydrogen) atoms. The number of anilines is 1. The number of halogens is 1. The van der Waals surface area contributed by atoms with Gasteiger partial charge in [0.25, 0.3) is 5.91 Å². The molecule has 0 saturated carbocycles. The second-order valence-corrected chi connectivity index (χ2v) is 8.24. The first kappa shape index (κ1) is 18.2. The Morgan fingerprint density at radius 2 is 2.04 bits per heavy atom. The topological polar surface area (TPSA) is 65.6 Å². The predicted molar refractivity (Wildman–Crippen MR) is 106 cm³/mol. The first-order valence-electron chi connectivity index (χ1n) is 9.55. The van der Waals surface area contributed by atoms with E-state index in [1.807, 2.05) is 6.07 Å². The SMILES string of the molecule is O=C(NCCN1CCOCC1)c1ccc2c(c1Br)NCC21CCNCC1. The van der Waals surface area contributed by atoms with Crippen molar-refractivity contribution in [2.45, 2.75) is 18.3 Å². The van der Waals surface area contributed by atoms with E-state index in [0.29, 0.717) is 12.1 Å². The summed E-state index contributed by atoms with van der Waals surface area (Å²) in [7, 11) is 0. The first-order chi connectivity index (χ1) is 12.7. The van der Waals surface area contributed by atoms with Crippen molar-refractivity contribution in [3.05, 3.63) is 27.7 Å². The fourth-order valence-corrected chi connectivity index (χ4v) is 4.98. The summed E-state index contributed by atoms with van der Waals surface area (Å²) >= 11 is 3.69. The molecule has 1 aromatic carbocycles. The Balaban J connectivity index is 1.42. The maximum Gasteiger partial charge on any atom is 0.252 e. The molecule has 1 spiro atoms. The van der Waals surface area contributed by atoms with Crippen LogP contribution in [0.25, 0.3) is 0 Å². The van der Waals surface area contributed by atoms with Crippen LogP contribution in [0.5, 0.6) is 0 Å². The molecule has 6 nitrogen and oxygen atoms in total. The van der Waals surface area contributed by atoms with Crippen molar-refractivity contribution in [1.29, 1.82) is 0 Å². The van der Waals surface area contributed by atoms with Gasteiger partial charge in [-0.3, -0.25) is 9.69 Å². The number of morpholine rings is 1. The minimum atomic E-state index is -0.0130. The molecular weight excluding hydrogens is 396 g/mol. The molecule has 7 heteroatoms. The van der Waals surface area contributed by atoms with E-state index in [1.165, 1.54) is 5.56 Å². The van der Waals surface area contributed by atoms with Crippen LogP contribution in [0.1, 0.15) is 28.8 Å². The van der Waals surface area contributed by atoms with Crippen molar-refractivity contribution in [1.82, 2.24) is 15.5 Å². The molecule has 0 aliphatic carbocycles. The molecule has 2 saturated heterocycles. The van der Waals surface area contributed by atoms with E-state index in [-0.39, 0.29) is 11.3 Å². The molecule has 0 radical (unpaired) electrons. The highest BCUT2D eigenvalue weighted by Crippen LogP contribution is 2.46. The second-order valence-electron chi connectivity index (χ2n) is 7.44. The van der Waals surface area contributed by atoms with E-state index >= 15 is 0 Å². The van der Waals surface area contributed by atoms with Crippen LogP contribution in [0.4, 0.5) is 5.69 Å². The van der Waals surface area contributed by atoms with Crippen molar-refractivity contribution in [3.8, 4) is 0 Å². The Morgan fingerprint density at radius 3 is 2.81 bits per heavy atom. The zero-order chi connectivity index (χ0) is 18.0. The van der Waals surface area contributed by atoms with E-state index in [2.05, 4.69) is 42.8 Å². The predicted octanol–water partition coefficient (Wildman–Crippen LogP) is 1.56. The molecule has 0 unspecified atom stereocenters. The maximum atomic E-state index is 12.7. The summed E-state index contributed by atoms with van der Waals surface area (Å²) in [4.78, 5) is 15.0. The molecule has 142 valence electrons. The van der Waals surface area contributed by atoms with Gasteiger partial charge in [0, 0.05) is 38.1 Å². The summed E-state index contributed by atoms with van der Waals surface area (Å²) in [5, 5.41) is 10.1. The van der Waals surface area contributed by atoms with Crippen LogP contribution >= 0.6 is 15.9 Å². The Labute approximate surface area is 163 Å². The number of amides is 1. The highest BCUT2D eigenvalue weighted by molar-refractivity contribution is 9.10. The molecule has 0 aromatic heterocycles. The molecule has 3 aliphatic rings. The Morgan fingerprint density at radius 1 is 1.27 bits per heavy atom. The smallest absolute Gasteiger partial charge is 0.252 e. The molecule has 4 rings (SSSR count). The minimum absolute atomic E-state index is 0.0130. The molecule has 0 bridgehead atoms. The fourth-order valence-electron chi connectivity index (χ4n) is 4.32. The lowest BCUT2D eigenvalue weighted by Crippen LogP contribution is -2.41. The number of piperidine rings is 1. The summed E-state index contributed by atoms with van der Waals surface area (Å²) in [5.41, 5.74) is 3.39. The third-order valence-corrected chi connectivity index (χ3v) is 6.76. The van der Waals surface area contributed by atoms with Crippen molar-refractivity contribution in [3.63, 3.8) is 0 Å². The summed E-state index contributed by atoms with van der Waals surface area (Å²) in [5.74, 6) is -0.0130. The van der Waals surface area contributed by atoms with Crippen LogP contribution in [-0.4, -0.2) is 69.8 Å². The van der Waals surface area contributed by atoms with Crippen LogP contribution in [0, 0.1) is 0 Å². The van der Waals surface area contributed by atoms with Gasteiger partial charge in [-0.15, -0.1) is 0 Å². The standard InChI is InChI=1S/C19H27BrN4O2/c20-16-14(18(25)22-7-8-24-9-11-26-12-10-24)1-2-15-17(16)23-13-19(15)3-5-21-6-4-19/h1-2,21,23H,3-13H2,(H,22,25). The van der Waals surface area contributed by atoms with Gasteiger partial charge < -0.3 is 20.7 Å². The van der Waals surface area contributed by atoms with E-state index in [1.54, 1.807) is 0 Å². The zero-order valence-electron chi connectivity index (χ0n) is 15.1. The number of carbonyl (C=O) groups excluding carboxylic acids is 1. The molecule has 1 amide bonds. The van der Waals surface area contributed by atoms with Gasteiger partial charge in [0.05, 0.1) is 28.9 Å². The van der Waals surface area contributed by atoms with Gasteiger partial charge in [-0.1, -0.05) is 6.07 Å². The number of hydrogen-bond donors (Lipinski definition) is 3. The lowest BCUT2D eigenvalue weighted by atomic mass is 9.74. The average Bonchev–Trinajstić information content (AvgIpc) is 3.02. The average molecular weight is 423 g/mol. The first-order valence-corrected chi connectivity index (χ1v) is 10.3. The van der Waals surface area contributed by atoms with Gasteiger partial charge in [0.2, 0.25) is 0 Å². The van der Waals surface area contributed by atoms with E-state index in [0.717, 1.165) is 75.5 Å². The van der Waals surface area contributed by atoms with Gasteiger partial charge >= 0.3 is 0 Å². The van der Waals surface area contributed by atoms with Crippen molar-refractivity contribution < 1.29 is 9.53 Å². The van der Waals surface area contributed by atoms with Gasteiger partial charge in [0.15, 0.2) is 0 Å². The van der Waals surface area contributed by atoms with Gasteiger partial charge in [-0.25, -0.2) is 0 Å². The zero-order valence-corrected chi connectivity index (χ0v) is 16.7. The van der Waals surface area contributed by atoms with Crippen molar-refractivity contribution in [2.24, 2.45) is 0 Å². The minimum Gasteiger partial charge on any atom is -0.383 e.